The Balaban J connectivity index is 1.88. The van der Waals surface area contributed by atoms with E-state index >= 15 is 0 Å². The van der Waals surface area contributed by atoms with Crippen LogP contribution in [0.3, 0.4) is 0 Å². The molecular weight excluding hydrogens is 334 g/mol. The van der Waals surface area contributed by atoms with Gasteiger partial charge >= 0.3 is 12.0 Å². The van der Waals surface area contributed by atoms with Crippen molar-refractivity contribution in [3.05, 3.63) is 23.9 Å². The quantitative estimate of drug-likeness (QED) is 0.708. The third kappa shape index (κ3) is 3.92. The van der Waals surface area contributed by atoms with Crippen LogP contribution < -0.4 is 15.4 Å². The lowest BCUT2D eigenvalue weighted by Gasteiger charge is -2.22. The molecule has 0 bridgehead atoms. The third-order valence-corrected chi connectivity index (χ3v) is 4.66. The Labute approximate surface area is 152 Å². The van der Waals surface area contributed by atoms with Crippen molar-refractivity contribution in [1.29, 1.82) is 0 Å². The number of H-pyrrole nitrogens is 1. The second-order valence-electron chi connectivity index (χ2n) is 6.44. The minimum absolute atomic E-state index is 0.175. The lowest BCUT2D eigenvalue weighted by atomic mass is 9.96. The van der Waals surface area contributed by atoms with Crippen LogP contribution in [-0.4, -0.2) is 36.7 Å². The van der Waals surface area contributed by atoms with E-state index in [0.717, 1.165) is 31.2 Å². The van der Waals surface area contributed by atoms with Crippen molar-refractivity contribution < 1.29 is 19.1 Å². The molecule has 26 heavy (non-hydrogen) atoms. The van der Waals surface area contributed by atoms with Gasteiger partial charge in [-0.1, -0.05) is 19.3 Å². The van der Waals surface area contributed by atoms with Crippen LogP contribution in [0.1, 0.15) is 49.5 Å². The highest BCUT2D eigenvalue weighted by molar-refractivity contribution is 6.11. The molecule has 3 rings (SSSR count). The van der Waals surface area contributed by atoms with Gasteiger partial charge in [0.2, 0.25) is 0 Å². The van der Waals surface area contributed by atoms with Crippen LogP contribution in [0.5, 0.6) is 5.75 Å². The number of aromatic nitrogens is 1. The maximum Gasteiger partial charge on any atom is 0.356 e. The van der Waals surface area contributed by atoms with Gasteiger partial charge in [-0.15, -0.1) is 0 Å². The number of carbonyl (C=O) groups excluding carboxylic acids is 2. The van der Waals surface area contributed by atoms with Gasteiger partial charge in [-0.2, -0.15) is 0 Å². The molecule has 3 N–H and O–H groups in total. The number of rotatable bonds is 5. The molecule has 0 radical (unpaired) electrons. The first-order chi connectivity index (χ1) is 12.6. The highest BCUT2D eigenvalue weighted by atomic mass is 16.5. The highest BCUT2D eigenvalue weighted by Crippen LogP contribution is 2.31. The van der Waals surface area contributed by atoms with Crippen molar-refractivity contribution in [3.8, 4) is 5.75 Å². The molecule has 0 atom stereocenters. The number of esters is 1. The average Bonchev–Trinajstić information content (AvgIpc) is 3.00. The van der Waals surface area contributed by atoms with Crippen molar-refractivity contribution in [2.45, 2.75) is 45.1 Å². The molecule has 0 spiro atoms. The molecule has 140 valence electrons. The van der Waals surface area contributed by atoms with E-state index in [-0.39, 0.29) is 24.4 Å². The number of aromatic amines is 1. The molecule has 2 amide bonds. The van der Waals surface area contributed by atoms with E-state index in [1.807, 2.05) is 0 Å². The molecule has 1 aromatic carbocycles. The molecule has 2 aromatic rings. The summed E-state index contributed by atoms with van der Waals surface area (Å²) < 4.78 is 10.4. The summed E-state index contributed by atoms with van der Waals surface area (Å²) in [4.78, 5) is 27.8. The summed E-state index contributed by atoms with van der Waals surface area (Å²) in [6.07, 6.45) is 5.45. The zero-order chi connectivity index (χ0) is 18.5. The largest absolute Gasteiger partial charge is 0.497 e. The number of fused-ring (bicyclic) bond motifs is 1. The maximum absolute atomic E-state index is 12.5. The fourth-order valence-electron chi connectivity index (χ4n) is 3.37. The van der Waals surface area contributed by atoms with Gasteiger partial charge in [0.1, 0.15) is 11.4 Å². The van der Waals surface area contributed by atoms with E-state index < -0.39 is 5.97 Å². The fourth-order valence-corrected chi connectivity index (χ4v) is 3.37. The van der Waals surface area contributed by atoms with Gasteiger partial charge in [0, 0.05) is 16.9 Å². The molecule has 0 aliphatic heterocycles. The summed E-state index contributed by atoms with van der Waals surface area (Å²) in [5.74, 6) is 0.137. The molecule has 1 saturated carbocycles. The van der Waals surface area contributed by atoms with Crippen LogP contribution >= 0.6 is 0 Å². The molecule has 1 aliphatic rings. The first-order valence-corrected chi connectivity index (χ1v) is 9.06. The van der Waals surface area contributed by atoms with E-state index in [1.54, 1.807) is 32.2 Å². The van der Waals surface area contributed by atoms with Gasteiger partial charge in [-0.25, -0.2) is 9.59 Å². The number of anilines is 1. The SMILES string of the molecule is CCOC(=O)c1[nH]c2ccc(OC)cc2c1NC(=O)NC1CCCCC1. The molecule has 1 aliphatic carbocycles. The molecule has 7 nitrogen and oxygen atoms in total. The number of hydrogen-bond acceptors (Lipinski definition) is 4. The molecular formula is C19H25N3O4. The lowest BCUT2D eigenvalue weighted by molar-refractivity contribution is 0.0522. The number of methoxy groups -OCH3 is 1. The molecule has 0 unspecified atom stereocenters. The first kappa shape index (κ1) is 18.1. The van der Waals surface area contributed by atoms with Crippen LogP contribution in [-0.2, 0) is 4.74 Å². The van der Waals surface area contributed by atoms with Gasteiger partial charge in [0.15, 0.2) is 0 Å². The first-order valence-electron chi connectivity index (χ1n) is 9.06. The van der Waals surface area contributed by atoms with Gasteiger partial charge in [-0.05, 0) is 38.0 Å². The number of carbonyl (C=O) groups is 2. The second kappa shape index (κ2) is 8.12. The maximum atomic E-state index is 12.5. The number of hydrogen-bond donors (Lipinski definition) is 3. The molecule has 0 saturated heterocycles. The van der Waals surface area contributed by atoms with E-state index in [9.17, 15) is 9.59 Å². The van der Waals surface area contributed by atoms with Gasteiger partial charge in [0.25, 0.3) is 0 Å². The van der Waals surface area contributed by atoms with Crippen LogP contribution in [0, 0.1) is 0 Å². The third-order valence-electron chi connectivity index (χ3n) is 4.66. The highest BCUT2D eigenvalue weighted by Gasteiger charge is 2.22. The summed E-state index contributed by atoms with van der Waals surface area (Å²) >= 11 is 0. The Hall–Kier alpha value is -2.70. The van der Waals surface area contributed by atoms with Crippen LogP contribution in [0.25, 0.3) is 10.9 Å². The average molecular weight is 359 g/mol. The summed E-state index contributed by atoms with van der Waals surface area (Å²) in [7, 11) is 1.57. The fraction of sp³-hybridized carbons (Fsp3) is 0.474. The van der Waals surface area contributed by atoms with E-state index in [0.29, 0.717) is 16.8 Å². The minimum Gasteiger partial charge on any atom is -0.497 e. The predicted octanol–water partition coefficient (Wildman–Crippen LogP) is 3.81. The zero-order valence-electron chi connectivity index (χ0n) is 15.2. The standard InChI is InChI=1S/C19H25N3O4/c1-3-26-18(23)17-16(14-11-13(25-2)9-10-15(14)21-17)22-19(24)20-12-7-5-4-6-8-12/h9-12,21H,3-8H2,1-2H3,(H2,20,22,24). The molecule has 1 aromatic heterocycles. The Kier molecular flexibility index (Phi) is 5.65. The van der Waals surface area contributed by atoms with E-state index in [2.05, 4.69) is 15.6 Å². The minimum atomic E-state index is -0.504. The van der Waals surface area contributed by atoms with Crippen molar-refractivity contribution in [2.24, 2.45) is 0 Å². The van der Waals surface area contributed by atoms with Gasteiger partial charge in [0.05, 0.1) is 19.4 Å². The Bertz CT molecular complexity index is 793. The summed E-state index contributed by atoms with van der Waals surface area (Å²) in [6.45, 7) is 2.00. The van der Waals surface area contributed by atoms with Gasteiger partial charge < -0.3 is 25.1 Å². The number of ether oxygens (including phenoxy) is 2. The summed E-state index contributed by atoms with van der Waals surface area (Å²) in [6, 6.07) is 5.24. The van der Waals surface area contributed by atoms with Crippen LogP contribution in [0.15, 0.2) is 18.2 Å². The lowest BCUT2D eigenvalue weighted by Crippen LogP contribution is -2.39. The smallest absolute Gasteiger partial charge is 0.356 e. The van der Waals surface area contributed by atoms with Crippen LogP contribution in [0.2, 0.25) is 0 Å². The van der Waals surface area contributed by atoms with Gasteiger partial charge in [-0.3, -0.25) is 0 Å². The summed E-state index contributed by atoms with van der Waals surface area (Å²) in [5, 5.41) is 6.54. The number of nitrogens with one attached hydrogen (secondary N) is 3. The topological polar surface area (TPSA) is 92.5 Å². The zero-order valence-corrected chi connectivity index (χ0v) is 15.2. The van der Waals surface area contributed by atoms with Crippen molar-refractivity contribution in [2.75, 3.05) is 19.0 Å². The number of urea groups is 1. The summed E-state index contributed by atoms with van der Waals surface area (Å²) in [5.41, 5.74) is 1.36. The number of amides is 2. The molecule has 1 fully saturated rings. The van der Waals surface area contributed by atoms with E-state index in [4.69, 9.17) is 9.47 Å². The monoisotopic (exact) mass is 359 g/mol. The van der Waals surface area contributed by atoms with Crippen molar-refractivity contribution in [3.63, 3.8) is 0 Å². The van der Waals surface area contributed by atoms with E-state index in [1.165, 1.54) is 6.42 Å². The molecule has 1 heterocycles. The predicted molar refractivity (Wildman–Crippen MR) is 99.8 cm³/mol. The Morgan fingerprint density at radius 3 is 2.69 bits per heavy atom. The van der Waals surface area contributed by atoms with Crippen molar-refractivity contribution in [1.82, 2.24) is 10.3 Å². The Morgan fingerprint density at radius 1 is 1.23 bits per heavy atom. The second-order valence-corrected chi connectivity index (χ2v) is 6.44. The van der Waals surface area contributed by atoms with Crippen molar-refractivity contribution >= 4 is 28.6 Å². The molecule has 7 heteroatoms. The number of benzene rings is 1. The normalized spacial score (nSPS) is 14.8. The Morgan fingerprint density at radius 2 is 2.00 bits per heavy atom. The van der Waals surface area contributed by atoms with Crippen LogP contribution in [0.4, 0.5) is 10.5 Å².